The number of thiazole rings is 1. The second-order valence-electron chi connectivity index (χ2n) is 8.78. The van der Waals surface area contributed by atoms with E-state index in [1.165, 1.54) is 23.5 Å². The molecule has 2 aromatic heterocycles. The largest absolute Gasteiger partial charge is 0.278 e. The summed E-state index contributed by atoms with van der Waals surface area (Å²) in [6.45, 7) is 2.67. The molecule has 2 aromatic carbocycles. The molecule has 1 saturated heterocycles. The van der Waals surface area contributed by atoms with Gasteiger partial charge in [0, 0.05) is 24.3 Å². The average molecular weight is 541 g/mol. The number of anilines is 1. The Labute approximate surface area is 219 Å². The minimum absolute atomic E-state index is 0.0372. The molecular weight excluding hydrogens is 516 g/mol. The van der Waals surface area contributed by atoms with Crippen LogP contribution in [-0.4, -0.2) is 41.2 Å². The van der Waals surface area contributed by atoms with Crippen molar-refractivity contribution in [3.63, 3.8) is 0 Å². The molecule has 0 radical (unpaired) electrons. The van der Waals surface area contributed by atoms with Gasteiger partial charge in [-0.1, -0.05) is 41.5 Å². The summed E-state index contributed by atoms with van der Waals surface area (Å²) < 4.78 is 28.8. The lowest BCUT2D eigenvalue weighted by Gasteiger charge is -2.32. The normalized spacial score (nSPS) is 16.8. The average Bonchev–Trinajstić information content (AvgIpc) is 3.33. The van der Waals surface area contributed by atoms with Crippen LogP contribution in [0.3, 0.4) is 0 Å². The first-order valence-corrected chi connectivity index (χ1v) is 14.4. The summed E-state index contributed by atoms with van der Waals surface area (Å²) in [5.41, 5.74) is 1.70. The fraction of sp³-hybridized carbons (Fsp3) is 0.269. The number of sulfonamides is 1. The molecule has 36 heavy (non-hydrogen) atoms. The number of hydrogen-bond donors (Lipinski definition) is 0. The van der Waals surface area contributed by atoms with Crippen molar-refractivity contribution in [3.05, 3.63) is 83.1 Å². The third kappa shape index (κ3) is 4.88. The third-order valence-corrected chi connectivity index (χ3v) is 9.71. The van der Waals surface area contributed by atoms with Crippen LogP contribution in [0.1, 0.15) is 42.2 Å². The number of nitrogens with zero attached hydrogens (tertiary/aromatic N) is 4. The van der Waals surface area contributed by atoms with Crippen molar-refractivity contribution in [1.29, 1.82) is 0 Å². The number of carbonyl (C=O) groups excluding carboxylic acids is 1. The molecule has 186 valence electrons. The van der Waals surface area contributed by atoms with Gasteiger partial charge >= 0.3 is 0 Å². The van der Waals surface area contributed by atoms with E-state index in [2.05, 4.69) is 9.97 Å². The lowest BCUT2D eigenvalue weighted by molar-refractivity contribution is 0.0984. The molecule has 1 atom stereocenters. The lowest BCUT2D eigenvalue weighted by atomic mass is 10.1. The van der Waals surface area contributed by atoms with Gasteiger partial charge in [-0.05, 0) is 68.3 Å². The summed E-state index contributed by atoms with van der Waals surface area (Å²) in [4.78, 5) is 24.5. The SMILES string of the molecule is CC1CCCCN1S(=O)(=O)c1ccc(C(=O)N(Cc2ccccn2)c2nc3c(Cl)cccc3s2)cc1. The summed E-state index contributed by atoms with van der Waals surface area (Å²) in [5.74, 6) is -0.300. The van der Waals surface area contributed by atoms with Crippen molar-refractivity contribution in [2.24, 2.45) is 0 Å². The maximum atomic E-state index is 13.7. The van der Waals surface area contributed by atoms with Gasteiger partial charge in [0.25, 0.3) is 5.91 Å². The van der Waals surface area contributed by atoms with Crippen LogP contribution in [0.4, 0.5) is 5.13 Å². The molecule has 0 aliphatic carbocycles. The molecule has 1 aliphatic rings. The van der Waals surface area contributed by atoms with Gasteiger partial charge in [0.05, 0.1) is 26.9 Å². The summed E-state index contributed by atoms with van der Waals surface area (Å²) in [6.07, 6.45) is 4.41. The first kappa shape index (κ1) is 24.8. The lowest BCUT2D eigenvalue weighted by Crippen LogP contribution is -2.41. The number of amides is 1. The molecule has 10 heteroatoms. The Morgan fingerprint density at radius 2 is 1.92 bits per heavy atom. The fourth-order valence-electron chi connectivity index (χ4n) is 4.39. The topological polar surface area (TPSA) is 83.5 Å². The van der Waals surface area contributed by atoms with Crippen LogP contribution < -0.4 is 4.90 Å². The van der Waals surface area contributed by atoms with Crippen molar-refractivity contribution >= 4 is 54.2 Å². The zero-order valence-electron chi connectivity index (χ0n) is 19.7. The van der Waals surface area contributed by atoms with Gasteiger partial charge < -0.3 is 0 Å². The van der Waals surface area contributed by atoms with E-state index < -0.39 is 10.0 Å². The molecular formula is C26H25ClN4O3S2. The molecule has 0 saturated carbocycles. The molecule has 1 fully saturated rings. The predicted molar refractivity (Wildman–Crippen MR) is 143 cm³/mol. The Kier molecular flexibility index (Phi) is 7.07. The van der Waals surface area contributed by atoms with Crippen LogP contribution in [0, 0.1) is 0 Å². The summed E-state index contributed by atoms with van der Waals surface area (Å²) in [6, 6.07) is 17.2. The third-order valence-electron chi connectivity index (χ3n) is 6.33. The van der Waals surface area contributed by atoms with E-state index >= 15 is 0 Å². The van der Waals surface area contributed by atoms with E-state index in [0.29, 0.717) is 33.5 Å². The molecule has 1 amide bonds. The van der Waals surface area contributed by atoms with Gasteiger partial charge in [-0.3, -0.25) is 14.7 Å². The number of piperidine rings is 1. The smallest absolute Gasteiger partial charge is 0.260 e. The fourth-order valence-corrected chi connectivity index (χ4v) is 7.35. The molecule has 1 aliphatic heterocycles. The second kappa shape index (κ2) is 10.3. The highest BCUT2D eigenvalue weighted by Gasteiger charge is 2.31. The minimum Gasteiger partial charge on any atom is -0.278 e. The molecule has 3 heterocycles. The Bertz CT molecular complexity index is 1490. The van der Waals surface area contributed by atoms with Crippen molar-refractivity contribution < 1.29 is 13.2 Å². The number of aromatic nitrogens is 2. The second-order valence-corrected chi connectivity index (χ2v) is 12.1. The van der Waals surface area contributed by atoms with Gasteiger partial charge in [0.15, 0.2) is 5.13 Å². The van der Waals surface area contributed by atoms with Crippen LogP contribution in [0.15, 0.2) is 71.8 Å². The monoisotopic (exact) mass is 540 g/mol. The minimum atomic E-state index is -3.62. The van der Waals surface area contributed by atoms with E-state index in [1.807, 2.05) is 37.3 Å². The van der Waals surface area contributed by atoms with Crippen LogP contribution in [0.2, 0.25) is 5.02 Å². The summed E-state index contributed by atoms with van der Waals surface area (Å²) in [7, 11) is -3.62. The zero-order chi connectivity index (χ0) is 25.3. The predicted octanol–water partition coefficient (Wildman–Crippen LogP) is 5.75. The molecule has 0 spiro atoms. The standard InChI is InChI=1S/C26H25ClN4O3S2/c1-18-7-3-5-16-31(18)36(33,34)21-13-11-19(12-14-21)25(32)30(17-20-8-2-4-15-28-20)26-29-24-22(27)9-6-10-23(24)35-26/h2,4,6,8-15,18H,3,5,7,16-17H2,1H3. The molecule has 4 aromatic rings. The zero-order valence-corrected chi connectivity index (χ0v) is 22.1. The van der Waals surface area contributed by atoms with Gasteiger partial charge in [0.2, 0.25) is 10.0 Å². The van der Waals surface area contributed by atoms with Crippen molar-refractivity contribution in [2.45, 2.75) is 43.7 Å². The van der Waals surface area contributed by atoms with E-state index in [0.717, 1.165) is 24.0 Å². The van der Waals surface area contributed by atoms with Gasteiger partial charge in [-0.25, -0.2) is 13.4 Å². The van der Waals surface area contributed by atoms with Crippen molar-refractivity contribution in [1.82, 2.24) is 14.3 Å². The van der Waals surface area contributed by atoms with Gasteiger partial charge in [0.1, 0.15) is 5.52 Å². The highest BCUT2D eigenvalue weighted by atomic mass is 35.5. The van der Waals surface area contributed by atoms with E-state index in [4.69, 9.17) is 11.6 Å². The highest BCUT2D eigenvalue weighted by Crippen LogP contribution is 2.34. The van der Waals surface area contributed by atoms with Crippen LogP contribution in [0.5, 0.6) is 0 Å². The van der Waals surface area contributed by atoms with E-state index in [1.54, 1.807) is 33.6 Å². The molecule has 5 rings (SSSR count). The number of carbonyl (C=O) groups is 1. The summed E-state index contributed by atoms with van der Waals surface area (Å²) >= 11 is 7.70. The quantitative estimate of drug-likeness (QED) is 0.311. The number of para-hydroxylation sites is 1. The van der Waals surface area contributed by atoms with Crippen LogP contribution in [0.25, 0.3) is 10.2 Å². The molecule has 1 unspecified atom stereocenters. The highest BCUT2D eigenvalue weighted by molar-refractivity contribution is 7.89. The Balaban J connectivity index is 1.48. The Morgan fingerprint density at radius 3 is 2.61 bits per heavy atom. The maximum Gasteiger partial charge on any atom is 0.260 e. The first-order chi connectivity index (χ1) is 17.3. The van der Waals surface area contributed by atoms with Crippen molar-refractivity contribution in [2.75, 3.05) is 11.4 Å². The number of benzene rings is 2. The van der Waals surface area contributed by atoms with Gasteiger partial charge in [-0.15, -0.1) is 0 Å². The number of hydrogen-bond acceptors (Lipinski definition) is 6. The van der Waals surface area contributed by atoms with E-state index in [9.17, 15) is 13.2 Å². The van der Waals surface area contributed by atoms with E-state index in [-0.39, 0.29) is 23.4 Å². The first-order valence-electron chi connectivity index (χ1n) is 11.7. The number of rotatable bonds is 6. The Morgan fingerprint density at radius 1 is 1.11 bits per heavy atom. The van der Waals surface area contributed by atoms with Crippen LogP contribution in [-0.2, 0) is 16.6 Å². The molecule has 7 nitrogen and oxygen atoms in total. The van der Waals surface area contributed by atoms with Gasteiger partial charge in [-0.2, -0.15) is 4.31 Å². The maximum absolute atomic E-state index is 13.7. The number of fused-ring (bicyclic) bond motifs is 1. The number of pyridine rings is 1. The Hall–Kier alpha value is -2.85. The summed E-state index contributed by atoms with van der Waals surface area (Å²) in [5, 5.41) is 1.01. The van der Waals surface area contributed by atoms with Crippen molar-refractivity contribution in [3.8, 4) is 0 Å². The molecule has 0 bridgehead atoms. The number of halogens is 1. The molecule has 0 N–H and O–H groups in total. The van der Waals surface area contributed by atoms with Crippen LogP contribution >= 0.6 is 22.9 Å².